The molecule has 39 heavy (non-hydrogen) atoms. The number of fused-ring (bicyclic) bond motifs is 2. The molecule has 1 aliphatic rings. The highest BCUT2D eigenvalue weighted by atomic mass is 19.1. The zero-order valence-corrected chi connectivity index (χ0v) is 21.5. The molecule has 0 bridgehead atoms. The van der Waals surface area contributed by atoms with E-state index in [-0.39, 0.29) is 17.6 Å². The van der Waals surface area contributed by atoms with E-state index in [1.165, 1.54) is 12.7 Å². The zero-order chi connectivity index (χ0) is 27.1. The van der Waals surface area contributed by atoms with Crippen molar-refractivity contribution in [2.24, 2.45) is 0 Å². The van der Waals surface area contributed by atoms with Gasteiger partial charge in [-0.05, 0) is 44.0 Å². The van der Waals surface area contributed by atoms with E-state index < -0.39 is 5.82 Å². The number of amides is 1. The number of rotatable bonds is 5. The van der Waals surface area contributed by atoms with Crippen molar-refractivity contribution in [1.82, 2.24) is 39.4 Å². The van der Waals surface area contributed by atoms with Crippen molar-refractivity contribution in [2.75, 3.05) is 11.9 Å². The first-order valence-electron chi connectivity index (χ1n) is 12.4. The summed E-state index contributed by atoms with van der Waals surface area (Å²) in [5.74, 6) is 1.31. The lowest BCUT2D eigenvalue weighted by atomic mass is 10.0. The molecule has 0 saturated carbocycles. The first-order chi connectivity index (χ1) is 18.9. The molecule has 1 aromatic carbocycles. The van der Waals surface area contributed by atoms with Crippen LogP contribution in [-0.4, -0.2) is 57.9 Å². The Hall–Kier alpha value is -5.00. The van der Waals surface area contributed by atoms with Crippen LogP contribution in [0.4, 0.5) is 15.9 Å². The average Bonchev–Trinajstić information content (AvgIpc) is 3.40. The molecule has 6 rings (SSSR count). The molecule has 1 atom stereocenters. The van der Waals surface area contributed by atoms with E-state index in [2.05, 4.69) is 30.4 Å². The van der Waals surface area contributed by atoms with Crippen LogP contribution in [0.5, 0.6) is 11.5 Å². The lowest BCUT2D eigenvalue weighted by Gasteiger charge is -2.31. The van der Waals surface area contributed by atoms with Gasteiger partial charge in [0, 0.05) is 37.3 Å². The molecular formula is C27H24FN9O2. The predicted molar refractivity (Wildman–Crippen MR) is 142 cm³/mol. The average molecular weight is 526 g/mol. The van der Waals surface area contributed by atoms with Crippen LogP contribution in [0.2, 0.25) is 0 Å². The summed E-state index contributed by atoms with van der Waals surface area (Å²) in [5.41, 5.74) is 3.08. The number of ether oxygens (including phenoxy) is 1. The predicted octanol–water partition coefficient (Wildman–Crippen LogP) is 4.47. The van der Waals surface area contributed by atoms with Crippen LogP contribution < -0.4 is 10.1 Å². The highest BCUT2D eigenvalue weighted by Gasteiger charge is 2.23. The SMILES string of the molecule is CC(=O)N1CCC(c2ncc3ncnc(Nc4ccc(Oc5ccn6ncnc6c5)c(C)c4F)c3n2)=C[C@@H]1C. The topological polar surface area (TPSA) is 123 Å². The Balaban J connectivity index is 1.29. The summed E-state index contributed by atoms with van der Waals surface area (Å²) < 4.78 is 23.0. The number of carbonyl (C=O) groups is 1. The lowest BCUT2D eigenvalue weighted by molar-refractivity contribution is -0.130. The lowest BCUT2D eigenvalue weighted by Crippen LogP contribution is -2.39. The van der Waals surface area contributed by atoms with Gasteiger partial charge in [-0.1, -0.05) is 6.08 Å². The fourth-order valence-electron chi connectivity index (χ4n) is 4.63. The van der Waals surface area contributed by atoms with Gasteiger partial charge in [-0.25, -0.2) is 33.8 Å². The minimum Gasteiger partial charge on any atom is -0.457 e. The van der Waals surface area contributed by atoms with E-state index in [1.54, 1.807) is 59.9 Å². The first-order valence-corrected chi connectivity index (χ1v) is 12.4. The van der Waals surface area contributed by atoms with E-state index in [9.17, 15) is 4.79 Å². The number of carbonyl (C=O) groups excluding carboxylic acids is 1. The van der Waals surface area contributed by atoms with E-state index in [1.807, 2.05) is 13.0 Å². The Labute approximate surface area is 222 Å². The Morgan fingerprint density at radius 3 is 2.85 bits per heavy atom. The van der Waals surface area contributed by atoms with Gasteiger partial charge in [-0.2, -0.15) is 5.10 Å². The Kier molecular flexibility index (Phi) is 6.06. The third kappa shape index (κ3) is 4.60. The summed E-state index contributed by atoms with van der Waals surface area (Å²) in [6.07, 6.45) is 8.79. The van der Waals surface area contributed by atoms with E-state index in [0.29, 0.717) is 58.4 Å². The number of nitrogens with one attached hydrogen (secondary N) is 1. The minimum absolute atomic E-state index is 0.0299. The molecule has 5 heterocycles. The quantitative estimate of drug-likeness (QED) is 0.354. The van der Waals surface area contributed by atoms with Gasteiger partial charge in [0.05, 0.1) is 11.9 Å². The monoisotopic (exact) mass is 525 g/mol. The summed E-state index contributed by atoms with van der Waals surface area (Å²) in [6, 6.07) is 6.67. The minimum atomic E-state index is -0.481. The van der Waals surface area contributed by atoms with Gasteiger partial charge < -0.3 is 15.0 Å². The van der Waals surface area contributed by atoms with Crippen molar-refractivity contribution >= 4 is 39.7 Å². The number of hydrogen-bond donors (Lipinski definition) is 1. The van der Waals surface area contributed by atoms with Gasteiger partial charge in [0.1, 0.15) is 35.2 Å². The number of hydrogen-bond acceptors (Lipinski definition) is 9. The van der Waals surface area contributed by atoms with Crippen LogP contribution in [0.25, 0.3) is 22.3 Å². The second-order valence-corrected chi connectivity index (χ2v) is 9.25. The number of aromatic nitrogens is 7. The summed E-state index contributed by atoms with van der Waals surface area (Å²) in [6.45, 7) is 5.76. The molecule has 0 aliphatic carbocycles. The third-order valence-electron chi connectivity index (χ3n) is 6.69. The van der Waals surface area contributed by atoms with E-state index in [0.717, 1.165) is 5.57 Å². The maximum Gasteiger partial charge on any atom is 0.219 e. The first kappa shape index (κ1) is 24.3. The smallest absolute Gasteiger partial charge is 0.219 e. The van der Waals surface area contributed by atoms with Gasteiger partial charge in [0.2, 0.25) is 5.91 Å². The van der Waals surface area contributed by atoms with Crippen LogP contribution in [0, 0.1) is 12.7 Å². The van der Waals surface area contributed by atoms with Crippen LogP contribution in [0.1, 0.15) is 31.7 Å². The zero-order valence-electron chi connectivity index (χ0n) is 21.5. The molecule has 1 aliphatic heterocycles. The van der Waals surface area contributed by atoms with Crippen molar-refractivity contribution < 1.29 is 13.9 Å². The molecule has 0 unspecified atom stereocenters. The van der Waals surface area contributed by atoms with Gasteiger partial charge in [-0.3, -0.25) is 4.79 Å². The molecular weight excluding hydrogens is 501 g/mol. The molecule has 11 nitrogen and oxygen atoms in total. The molecule has 5 aromatic rings. The highest BCUT2D eigenvalue weighted by molar-refractivity contribution is 5.87. The molecule has 0 radical (unpaired) electrons. The fraction of sp³-hybridized carbons (Fsp3) is 0.222. The largest absolute Gasteiger partial charge is 0.457 e. The van der Waals surface area contributed by atoms with Crippen molar-refractivity contribution in [3.63, 3.8) is 0 Å². The molecule has 12 heteroatoms. The summed E-state index contributed by atoms with van der Waals surface area (Å²) in [7, 11) is 0. The van der Waals surface area contributed by atoms with Crippen molar-refractivity contribution in [3.05, 3.63) is 72.6 Å². The Bertz CT molecular complexity index is 1770. The second kappa shape index (κ2) is 9.71. The van der Waals surface area contributed by atoms with Gasteiger partial charge in [0.25, 0.3) is 0 Å². The number of anilines is 2. The summed E-state index contributed by atoms with van der Waals surface area (Å²) in [5, 5.41) is 7.12. The van der Waals surface area contributed by atoms with Crippen molar-refractivity contribution in [3.8, 4) is 11.5 Å². The Morgan fingerprint density at radius 2 is 2.03 bits per heavy atom. The van der Waals surface area contributed by atoms with Crippen LogP contribution in [0.3, 0.4) is 0 Å². The van der Waals surface area contributed by atoms with Gasteiger partial charge in [-0.15, -0.1) is 0 Å². The molecule has 4 aromatic heterocycles. The number of halogens is 1. The number of nitrogens with zero attached hydrogens (tertiary/aromatic N) is 8. The summed E-state index contributed by atoms with van der Waals surface area (Å²) >= 11 is 0. The standard InChI is InChI=1S/C27H24FN9O2/c1-15-10-18(6-8-36(15)17(3)38)26-29-12-21-25(35-26)27(32-13-30-21)34-20-4-5-22(16(2)24(20)28)39-19-7-9-37-23(11-19)31-14-33-37/h4-5,7,9-15H,6,8H2,1-3H3,(H,30,32,34)/t15-/m0/s1. The highest BCUT2D eigenvalue weighted by Crippen LogP contribution is 2.33. The molecule has 0 fully saturated rings. The molecule has 0 saturated heterocycles. The van der Waals surface area contributed by atoms with E-state index in [4.69, 9.17) is 9.72 Å². The van der Waals surface area contributed by atoms with Crippen LogP contribution in [-0.2, 0) is 4.79 Å². The molecule has 1 amide bonds. The molecule has 0 spiro atoms. The van der Waals surface area contributed by atoms with Crippen LogP contribution in [0.15, 0.2) is 55.4 Å². The number of pyridine rings is 1. The van der Waals surface area contributed by atoms with Crippen molar-refractivity contribution in [2.45, 2.75) is 33.2 Å². The van der Waals surface area contributed by atoms with Crippen molar-refractivity contribution in [1.29, 1.82) is 0 Å². The van der Waals surface area contributed by atoms with Gasteiger partial charge in [0.15, 0.2) is 23.1 Å². The summed E-state index contributed by atoms with van der Waals surface area (Å²) in [4.78, 5) is 35.6. The molecule has 196 valence electrons. The Morgan fingerprint density at radius 1 is 1.15 bits per heavy atom. The van der Waals surface area contributed by atoms with Crippen LogP contribution >= 0.6 is 0 Å². The number of benzene rings is 1. The fourth-order valence-corrected chi connectivity index (χ4v) is 4.63. The third-order valence-corrected chi connectivity index (χ3v) is 6.69. The normalized spacial score (nSPS) is 15.4. The van der Waals surface area contributed by atoms with Gasteiger partial charge >= 0.3 is 0 Å². The van der Waals surface area contributed by atoms with E-state index >= 15 is 4.39 Å². The maximum atomic E-state index is 15.5. The maximum absolute atomic E-state index is 15.5. The second-order valence-electron chi connectivity index (χ2n) is 9.25. The molecule has 1 N–H and O–H groups in total.